The standard InChI is InChI=1S/C4H11NO2Si2/c1-3(2)4(6)5-9-7-8/h1,9H2,2,8H3,(H,5,6). The van der Waals surface area contributed by atoms with Gasteiger partial charge in [0.15, 0.2) is 0 Å². The summed E-state index contributed by atoms with van der Waals surface area (Å²) in [7, 11) is -0.0595. The van der Waals surface area contributed by atoms with Gasteiger partial charge in [-0.2, -0.15) is 0 Å². The predicted molar refractivity (Wildman–Crippen MR) is 42.5 cm³/mol. The Hall–Kier alpha value is -0.396. The third-order valence-electron chi connectivity index (χ3n) is 0.765. The van der Waals surface area contributed by atoms with Crippen LogP contribution in [-0.2, 0) is 8.91 Å². The number of hydrogen-bond donors (Lipinski definition) is 1. The van der Waals surface area contributed by atoms with E-state index in [1.807, 2.05) is 0 Å². The monoisotopic (exact) mass is 161 g/mol. The van der Waals surface area contributed by atoms with Crippen LogP contribution in [0.1, 0.15) is 6.92 Å². The number of carbonyl (C=O) groups is 1. The Bertz CT molecular complexity index is 126. The van der Waals surface area contributed by atoms with E-state index in [0.717, 1.165) is 0 Å². The lowest BCUT2D eigenvalue weighted by atomic mass is 10.3. The minimum atomic E-state index is -0.767. The molecule has 0 heterocycles. The quantitative estimate of drug-likeness (QED) is 0.383. The fraction of sp³-hybridized carbons (Fsp3) is 0.250. The second-order valence-electron chi connectivity index (χ2n) is 1.72. The van der Waals surface area contributed by atoms with E-state index in [2.05, 4.69) is 11.6 Å². The highest BCUT2D eigenvalue weighted by atomic mass is 28.3. The Morgan fingerprint density at radius 2 is 2.44 bits per heavy atom. The molecule has 0 rings (SSSR count). The first-order chi connectivity index (χ1) is 4.18. The zero-order valence-electron chi connectivity index (χ0n) is 5.73. The van der Waals surface area contributed by atoms with Crippen molar-refractivity contribution in [1.29, 1.82) is 0 Å². The molecule has 0 aliphatic rings. The highest BCUT2D eigenvalue weighted by molar-refractivity contribution is 6.36. The van der Waals surface area contributed by atoms with Crippen LogP contribution >= 0.6 is 0 Å². The summed E-state index contributed by atoms with van der Waals surface area (Å²) in [5.74, 6) is -0.0856. The van der Waals surface area contributed by atoms with Crippen molar-refractivity contribution in [3.63, 3.8) is 0 Å². The molecular weight excluding hydrogens is 150 g/mol. The number of carbonyl (C=O) groups excluding carboxylic acids is 1. The number of rotatable bonds is 3. The number of nitrogens with one attached hydrogen (secondary N) is 1. The molecule has 0 bridgehead atoms. The second kappa shape index (κ2) is 4.48. The molecule has 0 fully saturated rings. The lowest BCUT2D eigenvalue weighted by molar-refractivity contribution is -0.116. The molecule has 0 unspecified atom stereocenters. The van der Waals surface area contributed by atoms with E-state index in [1.165, 1.54) is 0 Å². The molecule has 0 spiro atoms. The molecule has 0 atom stereocenters. The Morgan fingerprint density at radius 3 is 2.78 bits per heavy atom. The zero-order valence-corrected chi connectivity index (χ0v) is 9.14. The van der Waals surface area contributed by atoms with Gasteiger partial charge in [0.1, 0.15) is 10.5 Å². The van der Waals surface area contributed by atoms with Gasteiger partial charge >= 0.3 is 0 Å². The maximum Gasteiger partial charge on any atom is 0.256 e. The SMILES string of the molecule is C=C(C)C(=O)N[SiH2]O[SiH3]. The predicted octanol–water partition coefficient (Wildman–Crippen LogP) is -2.03. The molecule has 0 saturated heterocycles. The third kappa shape index (κ3) is 4.13. The van der Waals surface area contributed by atoms with Gasteiger partial charge in [0.25, 0.3) is 9.92 Å². The Labute approximate surface area is 60.0 Å². The summed E-state index contributed by atoms with van der Waals surface area (Å²) >= 11 is 0. The van der Waals surface area contributed by atoms with E-state index in [4.69, 9.17) is 4.12 Å². The average Bonchev–Trinajstić information content (AvgIpc) is 1.82. The molecule has 52 valence electrons. The molecule has 5 heteroatoms. The molecule has 1 N–H and O–H groups in total. The van der Waals surface area contributed by atoms with E-state index in [-0.39, 0.29) is 5.91 Å². The van der Waals surface area contributed by atoms with Crippen LogP contribution in [0.25, 0.3) is 0 Å². The van der Waals surface area contributed by atoms with Crippen molar-refractivity contribution in [3.05, 3.63) is 12.2 Å². The molecule has 0 radical (unpaired) electrons. The molecule has 9 heavy (non-hydrogen) atoms. The van der Waals surface area contributed by atoms with Crippen LogP contribution in [0.5, 0.6) is 0 Å². The normalized spacial score (nSPS) is 10.3. The van der Waals surface area contributed by atoms with Crippen molar-refractivity contribution in [2.24, 2.45) is 0 Å². The first kappa shape index (κ1) is 8.60. The van der Waals surface area contributed by atoms with Gasteiger partial charge in [-0.15, -0.1) is 0 Å². The van der Waals surface area contributed by atoms with Crippen LogP contribution in [0.15, 0.2) is 12.2 Å². The topological polar surface area (TPSA) is 38.3 Å². The lowest BCUT2D eigenvalue weighted by Crippen LogP contribution is -2.29. The first-order valence-electron chi connectivity index (χ1n) is 2.61. The van der Waals surface area contributed by atoms with E-state index in [0.29, 0.717) is 16.1 Å². The number of amides is 1. The van der Waals surface area contributed by atoms with Crippen molar-refractivity contribution in [1.82, 2.24) is 4.98 Å². The average molecular weight is 161 g/mol. The van der Waals surface area contributed by atoms with Crippen molar-refractivity contribution in [2.45, 2.75) is 6.92 Å². The van der Waals surface area contributed by atoms with Crippen molar-refractivity contribution >= 4 is 26.3 Å². The second-order valence-corrected chi connectivity index (χ2v) is 4.67. The summed E-state index contributed by atoms with van der Waals surface area (Å²) in [5, 5.41) is 0. The van der Waals surface area contributed by atoms with Gasteiger partial charge in [-0.1, -0.05) is 6.58 Å². The summed E-state index contributed by atoms with van der Waals surface area (Å²) in [6, 6.07) is 0. The van der Waals surface area contributed by atoms with Crippen LogP contribution < -0.4 is 4.98 Å². The Morgan fingerprint density at radius 1 is 1.89 bits per heavy atom. The summed E-state index contributed by atoms with van der Waals surface area (Å²) < 4.78 is 4.87. The summed E-state index contributed by atoms with van der Waals surface area (Å²) in [4.78, 5) is 13.3. The van der Waals surface area contributed by atoms with E-state index >= 15 is 0 Å². The largest absolute Gasteiger partial charge is 0.453 e. The zero-order chi connectivity index (χ0) is 7.28. The summed E-state index contributed by atoms with van der Waals surface area (Å²) in [5.41, 5.74) is 0.543. The summed E-state index contributed by atoms with van der Waals surface area (Å²) in [6.07, 6.45) is 0. The van der Waals surface area contributed by atoms with Crippen LogP contribution in [0.2, 0.25) is 0 Å². The fourth-order valence-corrected chi connectivity index (χ4v) is 1.30. The van der Waals surface area contributed by atoms with Gasteiger partial charge in [-0.05, 0) is 6.92 Å². The molecular formula is C4H11NO2Si2. The molecule has 1 amide bonds. The molecule has 0 aromatic heterocycles. The summed E-state index contributed by atoms with van der Waals surface area (Å²) in [6.45, 7) is 5.15. The van der Waals surface area contributed by atoms with Crippen molar-refractivity contribution < 1.29 is 8.91 Å². The van der Waals surface area contributed by atoms with Gasteiger partial charge in [0.05, 0.1) is 0 Å². The number of hydrogen-bond acceptors (Lipinski definition) is 2. The molecule has 0 aliphatic carbocycles. The van der Waals surface area contributed by atoms with Crippen molar-refractivity contribution in [3.8, 4) is 0 Å². The highest BCUT2D eigenvalue weighted by Gasteiger charge is 1.97. The van der Waals surface area contributed by atoms with Crippen LogP contribution in [-0.4, -0.2) is 26.3 Å². The molecule has 3 nitrogen and oxygen atoms in total. The minimum Gasteiger partial charge on any atom is -0.453 e. The Kier molecular flexibility index (Phi) is 4.28. The van der Waals surface area contributed by atoms with Gasteiger partial charge in [0.2, 0.25) is 5.91 Å². The highest BCUT2D eigenvalue weighted by Crippen LogP contribution is 1.82. The van der Waals surface area contributed by atoms with Gasteiger partial charge in [-0.25, -0.2) is 0 Å². The third-order valence-corrected chi connectivity index (χ3v) is 2.38. The first-order valence-corrected chi connectivity index (χ1v) is 4.71. The van der Waals surface area contributed by atoms with Gasteiger partial charge in [0, 0.05) is 5.57 Å². The van der Waals surface area contributed by atoms with Crippen LogP contribution in [0.4, 0.5) is 0 Å². The molecule has 0 saturated carbocycles. The van der Waals surface area contributed by atoms with Gasteiger partial charge < -0.3 is 9.10 Å². The lowest BCUT2D eigenvalue weighted by Gasteiger charge is -2.00. The molecule has 0 aliphatic heterocycles. The van der Waals surface area contributed by atoms with Crippen LogP contribution in [0.3, 0.4) is 0 Å². The van der Waals surface area contributed by atoms with Gasteiger partial charge in [-0.3, -0.25) is 4.79 Å². The van der Waals surface area contributed by atoms with E-state index in [9.17, 15) is 4.79 Å². The van der Waals surface area contributed by atoms with Crippen molar-refractivity contribution in [2.75, 3.05) is 0 Å². The van der Waals surface area contributed by atoms with Crippen LogP contribution in [0, 0.1) is 0 Å². The smallest absolute Gasteiger partial charge is 0.256 e. The maximum atomic E-state index is 10.7. The minimum absolute atomic E-state index is 0.0856. The molecule has 0 aromatic carbocycles. The molecule has 0 aromatic rings. The Balaban J connectivity index is 3.39. The maximum absolute atomic E-state index is 10.7. The van der Waals surface area contributed by atoms with E-state index in [1.54, 1.807) is 6.92 Å². The van der Waals surface area contributed by atoms with E-state index < -0.39 is 9.92 Å². The fourth-order valence-electron chi connectivity index (χ4n) is 0.289.